The second-order valence-electron chi connectivity index (χ2n) is 3.39. The summed E-state index contributed by atoms with van der Waals surface area (Å²) in [6, 6.07) is 9.49. The Morgan fingerprint density at radius 3 is 2.94 bits per heavy atom. The summed E-state index contributed by atoms with van der Waals surface area (Å²) in [7, 11) is 0. The van der Waals surface area contributed by atoms with E-state index in [1.807, 2.05) is 6.07 Å². The molecule has 0 fully saturated rings. The Hall–Kier alpha value is -2.41. The lowest BCUT2D eigenvalue weighted by Gasteiger charge is -2.07. The zero-order valence-corrected chi connectivity index (χ0v) is 8.93. The number of ether oxygens (including phenoxy) is 1. The third kappa shape index (κ3) is 2.79. The zero-order valence-electron chi connectivity index (χ0n) is 8.93. The van der Waals surface area contributed by atoms with E-state index in [1.165, 1.54) is 18.2 Å². The maximum absolute atomic E-state index is 13.0. The molecule has 0 N–H and O–H groups in total. The minimum atomic E-state index is -0.381. The lowest BCUT2D eigenvalue weighted by atomic mass is 10.1. The number of nitrogens with zero attached hydrogens (tertiary/aromatic N) is 2. The summed E-state index contributed by atoms with van der Waals surface area (Å²) in [5.74, 6) is 0.203. The Kier molecular flexibility index (Phi) is 3.31. The smallest absolute Gasteiger partial charge is 0.138 e. The SMILES string of the molecule is N#Cc1ccc(F)cc1COc1cccnc1. The fourth-order valence-electron chi connectivity index (χ4n) is 1.38. The molecule has 0 unspecified atom stereocenters. The maximum atomic E-state index is 13.0. The zero-order chi connectivity index (χ0) is 12.1. The highest BCUT2D eigenvalue weighted by molar-refractivity contribution is 5.37. The van der Waals surface area contributed by atoms with Gasteiger partial charge in [-0.2, -0.15) is 5.26 Å². The van der Waals surface area contributed by atoms with Crippen LogP contribution in [0.4, 0.5) is 4.39 Å². The van der Waals surface area contributed by atoms with Gasteiger partial charge in [0.25, 0.3) is 0 Å². The molecule has 0 saturated carbocycles. The molecule has 0 radical (unpaired) electrons. The van der Waals surface area contributed by atoms with Gasteiger partial charge in [0.2, 0.25) is 0 Å². The molecule has 1 aromatic carbocycles. The third-order valence-corrected chi connectivity index (χ3v) is 2.22. The van der Waals surface area contributed by atoms with Crippen LogP contribution in [0, 0.1) is 17.1 Å². The van der Waals surface area contributed by atoms with Gasteiger partial charge in [0.15, 0.2) is 0 Å². The normalized spacial score (nSPS) is 9.65. The van der Waals surface area contributed by atoms with Gasteiger partial charge in [-0.25, -0.2) is 4.39 Å². The van der Waals surface area contributed by atoms with Gasteiger partial charge in [0.1, 0.15) is 18.2 Å². The van der Waals surface area contributed by atoms with Gasteiger partial charge in [-0.15, -0.1) is 0 Å². The molecule has 1 heterocycles. The molecule has 0 atom stereocenters. The molecule has 84 valence electrons. The monoisotopic (exact) mass is 228 g/mol. The van der Waals surface area contributed by atoms with Crippen molar-refractivity contribution >= 4 is 0 Å². The van der Waals surface area contributed by atoms with Crippen LogP contribution in [0.25, 0.3) is 0 Å². The van der Waals surface area contributed by atoms with Crippen molar-refractivity contribution in [3.63, 3.8) is 0 Å². The van der Waals surface area contributed by atoms with E-state index in [-0.39, 0.29) is 12.4 Å². The number of rotatable bonds is 3. The molecule has 0 aliphatic heterocycles. The molecule has 3 nitrogen and oxygen atoms in total. The molecule has 2 rings (SSSR count). The van der Waals surface area contributed by atoms with E-state index < -0.39 is 0 Å². The Bertz CT molecular complexity index is 549. The van der Waals surface area contributed by atoms with E-state index in [0.29, 0.717) is 16.9 Å². The summed E-state index contributed by atoms with van der Waals surface area (Å²) in [6.45, 7) is 0.145. The van der Waals surface area contributed by atoms with Crippen molar-refractivity contribution in [1.29, 1.82) is 5.26 Å². The number of pyridine rings is 1. The highest BCUT2D eigenvalue weighted by atomic mass is 19.1. The summed E-state index contributed by atoms with van der Waals surface area (Å²) in [5.41, 5.74) is 0.937. The minimum Gasteiger partial charge on any atom is -0.487 e. The Labute approximate surface area is 98.1 Å². The van der Waals surface area contributed by atoms with Crippen LogP contribution in [0.5, 0.6) is 5.75 Å². The molecular formula is C13H9FN2O. The molecule has 0 amide bonds. The van der Waals surface area contributed by atoms with Gasteiger partial charge in [-0.1, -0.05) is 0 Å². The topological polar surface area (TPSA) is 45.9 Å². The average molecular weight is 228 g/mol. The molecule has 17 heavy (non-hydrogen) atoms. The fraction of sp³-hybridized carbons (Fsp3) is 0.0769. The van der Waals surface area contributed by atoms with E-state index in [1.54, 1.807) is 24.5 Å². The predicted octanol–water partition coefficient (Wildman–Crippen LogP) is 2.67. The second-order valence-corrected chi connectivity index (χ2v) is 3.39. The van der Waals surface area contributed by atoms with Gasteiger partial charge < -0.3 is 4.74 Å². The van der Waals surface area contributed by atoms with Crippen molar-refractivity contribution in [1.82, 2.24) is 4.98 Å². The quantitative estimate of drug-likeness (QED) is 0.811. The molecule has 0 aliphatic rings. The lowest BCUT2D eigenvalue weighted by molar-refractivity contribution is 0.304. The fourth-order valence-corrected chi connectivity index (χ4v) is 1.38. The number of halogens is 1. The highest BCUT2D eigenvalue weighted by Gasteiger charge is 2.04. The van der Waals surface area contributed by atoms with Crippen LogP contribution in [0.2, 0.25) is 0 Å². The summed E-state index contributed by atoms with van der Waals surface area (Å²) in [4.78, 5) is 3.89. The first-order valence-corrected chi connectivity index (χ1v) is 5.01. The van der Waals surface area contributed by atoms with Gasteiger partial charge >= 0.3 is 0 Å². The van der Waals surface area contributed by atoms with Crippen molar-refractivity contribution in [2.45, 2.75) is 6.61 Å². The van der Waals surface area contributed by atoms with Gasteiger partial charge in [0, 0.05) is 11.8 Å². The van der Waals surface area contributed by atoms with Crippen LogP contribution in [-0.4, -0.2) is 4.98 Å². The Morgan fingerprint density at radius 2 is 2.24 bits per heavy atom. The van der Waals surface area contributed by atoms with Crippen LogP contribution < -0.4 is 4.74 Å². The van der Waals surface area contributed by atoms with Gasteiger partial charge in [-0.3, -0.25) is 4.98 Å². The lowest BCUT2D eigenvalue weighted by Crippen LogP contribution is -1.99. The van der Waals surface area contributed by atoms with E-state index in [4.69, 9.17) is 10.00 Å². The standard InChI is InChI=1S/C13H9FN2O/c14-12-4-3-10(7-15)11(6-12)9-17-13-2-1-5-16-8-13/h1-6,8H,9H2. The molecule has 0 saturated heterocycles. The van der Waals surface area contributed by atoms with Crippen LogP contribution in [-0.2, 0) is 6.61 Å². The minimum absolute atomic E-state index is 0.145. The van der Waals surface area contributed by atoms with Crippen molar-refractivity contribution < 1.29 is 9.13 Å². The summed E-state index contributed by atoms with van der Waals surface area (Å²) in [6.07, 6.45) is 3.20. The molecule has 0 bridgehead atoms. The van der Waals surface area contributed by atoms with E-state index >= 15 is 0 Å². The van der Waals surface area contributed by atoms with Crippen molar-refractivity contribution in [3.05, 3.63) is 59.7 Å². The number of aromatic nitrogens is 1. The third-order valence-electron chi connectivity index (χ3n) is 2.22. The molecule has 2 aromatic rings. The van der Waals surface area contributed by atoms with Crippen molar-refractivity contribution in [3.8, 4) is 11.8 Å². The number of nitriles is 1. The first-order valence-electron chi connectivity index (χ1n) is 5.01. The number of hydrogen-bond donors (Lipinski definition) is 0. The predicted molar refractivity (Wildman–Crippen MR) is 59.7 cm³/mol. The van der Waals surface area contributed by atoms with Gasteiger partial charge in [-0.05, 0) is 30.3 Å². The molecule has 0 aliphatic carbocycles. The Balaban J connectivity index is 2.14. The first kappa shape index (κ1) is 11.1. The van der Waals surface area contributed by atoms with Crippen LogP contribution >= 0.6 is 0 Å². The second kappa shape index (κ2) is 5.08. The molecule has 4 heteroatoms. The largest absolute Gasteiger partial charge is 0.487 e. The maximum Gasteiger partial charge on any atom is 0.138 e. The van der Waals surface area contributed by atoms with E-state index in [2.05, 4.69) is 4.98 Å². The summed E-state index contributed by atoms with van der Waals surface area (Å²) < 4.78 is 18.4. The number of hydrogen-bond acceptors (Lipinski definition) is 3. The summed E-state index contributed by atoms with van der Waals surface area (Å²) in [5, 5.41) is 8.87. The average Bonchev–Trinajstić information content (AvgIpc) is 2.38. The highest BCUT2D eigenvalue weighted by Crippen LogP contribution is 2.14. The van der Waals surface area contributed by atoms with E-state index in [0.717, 1.165) is 0 Å². The van der Waals surface area contributed by atoms with Gasteiger partial charge in [0.05, 0.1) is 17.8 Å². The van der Waals surface area contributed by atoms with Crippen molar-refractivity contribution in [2.75, 3.05) is 0 Å². The van der Waals surface area contributed by atoms with Crippen LogP contribution in [0.3, 0.4) is 0 Å². The molecular weight excluding hydrogens is 219 g/mol. The molecule has 1 aromatic heterocycles. The molecule has 0 spiro atoms. The van der Waals surface area contributed by atoms with Crippen molar-refractivity contribution in [2.24, 2.45) is 0 Å². The summed E-state index contributed by atoms with van der Waals surface area (Å²) >= 11 is 0. The van der Waals surface area contributed by atoms with Crippen LogP contribution in [0.1, 0.15) is 11.1 Å². The van der Waals surface area contributed by atoms with Crippen LogP contribution in [0.15, 0.2) is 42.7 Å². The number of benzene rings is 1. The van der Waals surface area contributed by atoms with E-state index in [9.17, 15) is 4.39 Å². The Morgan fingerprint density at radius 1 is 1.35 bits per heavy atom. The first-order chi connectivity index (χ1) is 8.29.